The van der Waals surface area contributed by atoms with Crippen LogP contribution in [-0.2, 0) is 9.63 Å². The normalized spacial score (nSPS) is 10.6. The third-order valence-corrected chi connectivity index (χ3v) is 5.36. The van der Waals surface area contributed by atoms with Crippen molar-refractivity contribution < 1.29 is 14.4 Å². The Bertz CT molecular complexity index is 413. The van der Waals surface area contributed by atoms with Gasteiger partial charge in [-0.05, 0) is 13.3 Å². The molecule has 0 aromatic rings. The van der Waals surface area contributed by atoms with E-state index in [2.05, 4.69) is 23.8 Å². The predicted molar refractivity (Wildman–Crippen MR) is 122 cm³/mol. The fourth-order valence-electron chi connectivity index (χ4n) is 3.45. The van der Waals surface area contributed by atoms with Gasteiger partial charge in [-0.25, -0.2) is 9.59 Å². The van der Waals surface area contributed by atoms with Gasteiger partial charge in [-0.15, -0.1) is 0 Å². The number of hydrogen-bond acceptors (Lipinski definition) is 3. The van der Waals surface area contributed by atoms with Gasteiger partial charge in [0.25, 0.3) is 0 Å². The van der Waals surface area contributed by atoms with E-state index in [1.165, 1.54) is 89.9 Å². The van der Waals surface area contributed by atoms with Gasteiger partial charge in [0.15, 0.2) is 0 Å². The zero-order chi connectivity index (χ0) is 21.6. The van der Waals surface area contributed by atoms with Gasteiger partial charge in [0.1, 0.15) is 0 Å². The Kier molecular flexibility index (Phi) is 20.1. The molecule has 0 fully saturated rings. The number of nitrogens with one attached hydrogen (secondary N) is 1. The quantitative estimate of drug-likeness (QED) is 0.143. The van der Waals surface area contributed by atoms with Crippen LogP contribution in [0.15, 0.2) is 12.7 Å². The molecule has 170 valence electrons. The smallest absolute Gasteiger partial charge is 0.335 e. The third-order valence-electron chi connectivity index (χ3n) is 5.36. The van der Waals surface area contributed by atoms with Gasteiger partial charge in [0.05, 0.1) is 0 Å². The van der Waals surface area contributed by atoms with Gasteiger partial charge in [0, 0.05) is 19.2 Å². The van der Waals surface area contributed by atoms with Crippen LogP contribution in [0.1, 0.15) is 117 Å². The molecule has 5 nitrogen and oxygen atoms in total. The number of hydroxylamine groups is 1. The second kappa shape index (κ2) is 21.2. The molecule has 29 heavy (non-hydrogen) atoms. The van der Waals surface area contributed by atoms with Crippen LogP contribution in [0.25, 0.3) is 0 Å². The SMILES string of the molecule is C=CC(=O)ONC(=O)N(CC)CCCCCCCCCCCCCCCCCC. The molecule has 0 saturated heterocycles. The molecule has 0 radical (unpaired) electrons. The van der Waals surface area contributed by atoms with Crippen molar-refractivity contribution >= 4 is 12.0 Å². The van der Waals surface area contributed by atoms with Crippen LogP contribution in [0.2, 0.25) is 0 Å². The minimum absolute atomic E-state index is 0.372. The van der Waals surface area contributed by atoms with E-state index in [4.69, 9.17) is 0 Å². The summed E-state index contributed by atoms with van der Waals surface area (Å²) in [6, 6.07) is -0.372. The van der Waals surface area contributed by atoms with E-state index >= 15 is 0 Å². The van der Waals surface area contributed by atoms with Gasteiger partial charge < -0.3 is 9.74 Å². The zero-order valence-electron chi connectivity index (χ0n) is 19.2. The van der Waals surface area contributed by atoms with Crippen LogP contribution in [0.5, 0.6) is 0 Å². The summed E-state index contributed by atoms with van der Waals surface area (Å²) in [7, 11) is 0. The summed E-state index contributed by atoms with van der Waals surface area (Å²) in [5.74, 6) is -0.656. The van der Waals surface area contributed by atoms with E-state index in [1.54, 1.807) is 4.90 Å². The third kappa shape index (κ3) is 18.3. The summed E-state index contributed by atoms with van der Waals surface area (Å²) < 4.78 is 0. The molecule has 2 amide bonds. The second-order valence-electron chi connectivity index (χ2n) is 7.92. The molecule has 0 aromatic carbocycles. The maximum atomic E-state index is 11.9. The minimum Gasteiger partial charge on any atom is -0.335 e. The van der Waals surface area contributed by atoms with E-state index < -0.39 is 5.97 Å². The van der Waals surface area contributed by atoms with Crippen molar-refractivity contribution in [2.75, 3.05) is 13.1 Å². The Morgan fingerprint density at radius 3 is 1.55 bits per heavy atom. The van der Waals surface area contributed by atoms with Gasteiger partial charge in [-0.3, -0.25) is 0 Å². The number of amides is 2. The van der Waals surface area contributed by atoms with Crippen molar-refractivity contribution in [2.45, 2.75) is 117 Å². The molecule has 0 bridgehead atoms. The van der Waals surface area contributed by atoms with E-state index in [0.29, 0.717) is 13.1 Å². The summed E-state index contributed by atoms with van der Waals surface area (Å²) in [6.07, 6.45) is 22.4. The average molecular weight is 411 g/mol. The average Bonchev–Trinajstić information content (AvgIpc) is 2.74. The fourth-order valence-corrected chi connectivity index (χ4v) is 3.45. The maximum absolute atomic E-state index is 11.9. The minimum atomic E-state index is -0.656. The zero-order valence-corrected chi connectivity index (χ0v) is 19.2. The molecule has 0 unspecified atom stereocenters. The Balaban J connectivity index is 3.39. The van der Waals surface area contributed by atoms with Crippen molar-refractivity contribution in [3.63, 3.8) is 0 Å². The highest BCUT2D eigenvalue weighted by Crippen LogP contribution is 2.13. The summed E-state index contributed by atoms with van der Waals surface area (Å²) in [4.78, 5) is 29.1. The molecule has 0 aliphatic heterocycles. The first-order valence-corrected chi connectivity index (χ1v) is 12.0. The topological polar surface area (TPSA) is 58.6 Å². The number of carbonyl (C=O) groups excluding carboxylic acids is 2. The predicted octanol–water partition coefficient (Wildman–Crippen LogP) is 6.92. The van der Waals surface area contributed by atoms with Crippen molar-refractivity contribution in [3.05, 3.63) is 12.7 Å². The largest absolute Gasteiger partial charge is 0.355 e. The van der Waals surface area contributed by atoms with E-state index in [0.717, 1.165) is 18.9 Å². The lowest BCUT2D eigenvalue weighted by Gasteiger charge is -2.20. The van der Waals surface area contributed by atoms with Crippen LogP contribution in [0, 0.1) is 0 Å². The first kappa shape index (κ1) is 27.5. The molecule has 0 atom stereocenters. The summed E-state index contributed by atoms with van der Waals surface area (Å²) in [5, 5.41) is 0. The number of carbonyl (C=O) groups is 2. The first-order valence-electron chi connectivity index (χ1n) is 12.0. The van der Waals surface area contributed by atoms with Crippen LogP contribution >= 0.6 is 0 Å². The molecule has 1 N–H and O–H groups in total. The van der Waals surface area contributed by atoms with Crippen LogP contribution < -0.4 is 5.48 Å². The monoisotopic (exact) mass is 410 g/mol. The first-order chi connectivity index (χ1) is 14.2. The van der Waals surface area contributed by atoms with E-state index in [-0.39, 0.29) is 6.03 Å². The fraction of sp³-hybridized carbons (Fsp3) is 0.833. The molecule has 0 saturated carbocycles. The van der Waals surface area contributed by atoms with Crippen LogP contribution in [0.3, 0.4) is 0 Å². The number of nitrogens with zero attached hydrogens (tertiary/aromatic N) is 1. The molecule has 5 heteroatoms. The van der Waals surface area contributed by atoms with Crippen LogP contribution in [0.4, 0.5) is 4.79 Å². The Morgan fingerprint density at radius 2 is 1.17 bits per heavy atom. The molecule has 0 rings (SSSR count). The lowest BCUT2D eigenvalue weighted by molar-refractivity contribution is -0.143. The van der Waals surface area contributed by atoms with Crippen molar-refractivity contribution in [1.82, 2.24) is 10.4 Å². The summed E-state index contributed by atoms with van der Waals surface area (Å²) >= 11 is 0. The van der Waals surface area contributed by atoms with E-state index in [1.807, 2.05) is 6.92 Å². The molecular weight excluding hydrogens is 364 g/mol. The lowest BCUT2D eigenvalue weighted by Crippen LogP contribution is -2.41. The maximum Gasteiger partial charge on any atom is 0.355 e. The molecule has 0 aromatic heterocycles. The highest BCUT2D eigenvalue weighted by molar-refractivity contribution is 5.83. The highest BCUT2D eigenvalue weighted by Gasteiger charge is 2.12. The van der Waals surface area contributed by atoms with Crippen molar-refractivity contribution in [3.8, 4) is 0 Å². The second-order valence-corrected chi connectivity index (χ2v) is 7.92. The van der Waals surface area contributed by atoms with Crippen molar-refractivity contribution in [1.29, 1.82) is 0 Å². The Labute approximate surface area is 179 Å². The summed E-state index contributed by atoms with van der Waals surface area (Å²) in [5.41, 5.74) is 2.16. The highest BCUT2D eigenvalue weighted by atomic mass is 16.7. The van der Waals surface area contributed by atoms with Gasteiger partial charge in [0.2, 0.25) is 0 Å². The van der Waals surface area contributed by atoms with E-state index in [9.17, 15) is 9.59 Å². The standard InChI is InChI=1S/C24H46N2O3/c1-4-7-8-9-10-11-12-13-14-15-16-17-18-19-20-21-22-26(6-3)24(28)25-29-23(27)5-2/h5H,2,4,6-22H2,1,3H3,(H,25,28). The number of urea groups is 1. The van der Waals surface area contributed by atoms with Gasteiger partial charge >= 0.3 is 12.0 Å². The van der Waals surface area contributed by atoms with Crippen LogP contribution in [-0.4, -0.2) is 30.0 Å². The Hall–Kier alpha value is -1.52. The number of rotatable bonds is 19. The number of unbranched alkanes of at least 4 members (excludes halogenated alkanes) is 15. The van der Waals surface area contributed by atoms with Gasteiger partial charge in [-0.2, -0.15) is 5.48 Å². The molecule has 0 spiro atoms. The Morgan fingerprint density at radius 1 is 0.759 bits per heavy atom. The summed E-state index contributed by atoms with van der Waals surface area (Å²) in [6.45, 7) is 8.76. The number of hydrogen-bond donors (Lipinski definition) is 1. The molecule has 0 heterocycles. The van der Waals surface area contributed by atoms with Crippen molar-refractivity contribution in [2.24, 2.45) is 0 Å². The molecule has 0 aliphatic rings. The molecule has 0 aliphatic carbocycles. The van der Waals surface area contributed by atoms with Gasteiger partial charge in [-0.1, -0.05) is 110 Å². The lowest BCUT2D eigenvalue weighted by atomic mass is 10.0. The molecular formula is C24H46N2O3.